The van der Waals surface area contributed by atoms with Crippen LogP contribution in [0.2, 0.25) is 0 Å². The molecule has 1 aliphatic rings. The Bertz CT molecular complexity index is 703. The van der Waals surface area contributed by atoms with Crippen LogP contribution in [0.15, 0.2) is 40.7 Å². The fraction of sp³-hybridized carbons (Fsp3) is 0.500. The van der Waals surface area contributed by atoms with Gasteiger partial charge < -0.3 is 15.5 Å². The Kier molecular flexibility index (Phi) is 9.33. The van der Waals surface area contributed by atoms with Crippen molar-refractivity contribution in [1.29, 1.82) is 0 Å². The van der Waals surface area contributed by atoms with Crippen LogP contribution in [-0.2, 0) is 13.0 Å². The van der Waals surface area contributed by atoms with E-state index >= 15 is 0 Å². The van der Waals surface area contributed by atoms with E-state index < -0.39 is 0 Å². The lowest BCUT2D eigenvalue weighted by Gasteiger charge is -2.35. The number of nitrogens with zero attached hydrogens (tertiary/aromatic N) is 3. The number of thiazole rings is 1. The highest BCUT2D eigenvalue weighted by molar-refractivity contribution is 14.0. The van der Waals surface area contributed by atoms with Crippen molar-refractivity contribution in [3.05, 3.63) is 46.4 Å². The number of aromatic nitrogens is 1. The highest BCUT2D eigenvalue weighted by Gasteiger charge is 2.20. The van der Waals surface area contributed by atoms with E-state index in [0.29, 0.717) is 12.6 Å². The first-order valence-electron chi connectivity index (χ1n) is 9.56. The van der Waals surface area contributed by atoms with Gasteiger partial charge in [0.05, 0.1) is 17.2 Å². The third-order valence-electron chi connectivity index (χ3n) is 4.53. The smallest absolute Gasteiger partial charge is 0.191 e. The molecule has 2 heterocycles. The van der Waals surface area contributed by atoms with Gasteiger partial charge in [-0.25, -0.2) is 9.98 Å². The summed E-state index contributed by atoms with van der Waals surface area (Å²) >= 11 is 1.72. The van der Waals surface area contributed by atoms with Gasteiger partial charge >= 0.3 is 0 Å². The number of piperidine rings is 1. The van der Waals surface area contributed by atoms with E-state index in [1.807, 2.05) is 0 Å². The maximum atomic E-state index is 4.74. The molecule has 1 saturated heterocycles. The molecule has 0 bridgehead atoms. The number of para-hydroxylation sites is 1. The standard InChI is InChI=1S/C20H29N5S.HI/c1-3-19-23-17(15-26-19)13-22-20(21-4-2)24-16-9-8-12-25(14-16)18-10-6-5-7-11-18;/h5-7,10-11,15-16H,3-4,8-9,12-14H2,1-2H3,(H2,21,22,24);1H. The number of nitrogens with one attached hydrogen (secondary N) is 2. The number of benzene rings is 1. The van der Waals surface area contributed by atoms with Gasteiger partial charge in [0.2, 0.25) is 0 Å². The Morgan fingerprint density at radius 2 is 2.11 bits per heavy atom. The van der Waals surface area contributed by atoms with E-state index in [1.54, 1.807) is 11.3 Å². The molecule has 0 spiro atoms. The lowest BCUT2D eigenvalue weighted by Crippen LogP contribution is -2.51. The van der Waals surface area contributed by atoms with Gasteiger partial charge in [0.1, 0.15) is 0 Å². The molecule has 1 unspecified atom stereocenters. The summed E-state index contributed by atoms with van der Waals surface area (Å²) in [4.78, 5) is 11.8. The number of aryl methyl sites for hydroxylation is 1. The molecule has 5 nitrogen and oxygen atoms in total. The zero-order valence-electron chi connectivity index (χ0n) is 16.1. The number of guanidine groups is 1. The molecular formula is C20H30IN5S. The largest absolute Gasteiger partial charge is 0.369 e. The summed E-state index contributed by atoms with van der Waals surface area (Å²) in [5, 5.41) is 10.3. The predicted molar refractivity (Wildman–Crippen MR) is 127 cm³/mol. The van der Waals surface area contributed by atoms with Crippen LogP contribution in [0.25, 0.3) is 0 Å². The molecule has 1 atom stereocenters. The molecule has 1 fully saturated rings. The minimum atomic E-state index is 0. The van der Waals surface area contributed by atoms with E-state index in [9.17, 15) is 0 Å². The molecule has 0 radical (unpaired) electrons. The van der Waals surface area contributed by atoms with Crippen molar-refractivity contribution < 1.29 is 0 Å². The number of hydrogen-bond acceptors (Lipinski definition) is 4. The predicted octanol–water partition coefficient (Wildman–Crippen LogP) is 4.05. The molecule has 0 amide bonds. The van der Waals surface area contributed by atoms with Crippen LogP contribution in [0.3, 0.4) is 0 Å². The zero-order chi connectivity index (χ0) is 18.2. The number of hydrogen-bond donors (Lipinski definition) is 2. The van der Waals surface area contributed by atoms with Crippen molar-refractivity contribution in [1.82, 2.24) is 15.6 Å². The fourth-order valence-corrected chi connectivity index (χ4v) is 3.96. The van der Waals surface area contributed by atoms with Crippen molar-refractivity contribution in [2.24, 2.45) is 4.99 Å². The Balaban J connectivity index is 0.00000261. The number of halogens is 1. The van der Waals surface area contributed by atoms with E-state index in [1.165, 1.54) is 23.5 Å². The first-order valence-corrected chi connectivity index (χ1v) is 10.4. The van der Waals surface area contributed by atoms with Gasteiger partial charge in [0.15, 0.2) is 5.96 Å². The van der Waals surface area contributed by atoms with Crippen molar-refractivity contribution in [2.45, 2.75) is 45.7 Å². The van der Waals surface area contributed by atoms with Gasteiger partial charge in [-0.15, -0.1) is 35.3 Å². The van der Waals surface area contributed by atoms with Gasteiger partial charge in [-0.05, 0) is 38.3 Å². The van der Waals surface area contributed by atoms with Crippen LogP contribution < -0.4 is 15.5 Å². The topological polar surface area (TPSA) is 52.6 Å². The van der Waals surface area contributed by atoms with E-state index in [4.69, 9.17) is 4.99 Å². The number of anilines is 1. The van der Waals surface area contributed by atoms with Crippen LogP contribution in [-0.4, -0.2) is 36.6 Å². The van der Waals surface area contributed by atoms with Crippen molar-refractivity contribution in [3.8, 4) is 0 Å². The first kappa shape index (κ1) is 21.9. The molecule has 7 heteroatoms. The molecular weight excluding hydrogens is 469 g/mol. The Morgan fingerprint density at radius 1 is 1.30 bits per heavy atom. The Labute approximate surface area is 183 Å². The second-order valence-electron chi connectivity index (χ2n) is 6.55. The Morgan fingerprint density at radius 3 is 2.81 bits per heavy atom. The molecule has 3 rings (SSSR count). The normalized spacial score (nSPS) is 17.3. The third kappa shape index (κ3) is 6.64. The molecule has 1 aliphatic heterocycles. The second kappa shape index (κ2) is 11.5. The van der Waals surface area contributed by atoms with Gasteiger partial charge in [0, 0.05) is 36.7 Å². The molecule has 0 saturated carbocycles. The van der Waals surface area contributed by atoms with Crippen LogP contribution in [0.5, 0.6) is 0 Å². The minimum absolute atomic E-state index is 0. The van der Waals surface area contributed by atoms with Crippen LogP contribution in [0.1, 0.15) is 37.4 Å². The SMILES string of the molecule is CCNC(=NCc1csc(CC)n1)NC1CCCN(c2ccccc2)C1.I. The van der Waals surface area contributed by atoms with Crippen molar-refractivity contribution in [3.63, 3.8) is 0 Å². The third-order valence-corrected chi connectivity index (χ3v) is 5.57. The van der Waals surface area contributed by atoms with Crippen LogP contribution in [0, 0.1) is 0 Å². The average molecular weight is 499 g/mol. The molecule has 1 aromatic carbocycles. The number of aliphatic imine (C=N–C) groups is 1. The summed E-state index contributed by atoms with van der Waals surface area (Å²) < 4.78 is 0. The summed E-state index contributed by atoms with van der Waals surface area (Å²) in [6.45, 7) is 7.85. The molecule has 27 heavy (non-hydrogen) atoms. The Hall–Kier alpha value is -1.35. The maximum absolute atomic E-state index is 4.74. The molecule has 148 valence electrons. The fourth-order valence-electron chi connectivity index (χ4n) is 3.23. The quantitative estimate of drug-likeness (QED) is 0.358. The van der Waals surface area contributed by atoms with E-state index in [2.05, 4.69) is 70.1 Å². The monoisotopic (exact) mass is 499 g/mol. The second-order valence-corrected chi connectivity index (χ2v) is 7.49. The molecule has 2 aromatic rings. The average Bonchev–Trinajstić information content (AvgIpc) is 3.15. The summed E-state index contributed by atoms with van der Waals surface area (Å²) in [7, 11) is 0. The van der Waals surface area contributed by atoms with Crippen molar-refractivity contribution >= 4 is 47.0 Å². The first-order chi connectivity index (χ1) is 12.8. The highest BCUT2D eigenvalue weighted by Crippen LogP contribution is 2.19. The van der Waals surface area contributed by atoms with Crippen LogP contribution >= 0.6 is 35.3 Å². The highest BCUT2D eigenvalue weighted by atomic mass is 127. The number of rotatable bonds is 6. The summed E-state index contributed by atoms with van der Waals surface area (Å²) in [6, 6.07) is 11.1. The molecule has 0 aliphatic carbocycles. The van der Waals surface area contributed by atoms with Gasteiger partial charge in [0.25, 0.3) is 0 Å². The lowest BCUT2D eigenvalue weighted by atomic mass is 10.1. The molecule has 1 aromatic heterocycles. The maximum Gasteiger partial charge on any atom is 0.191 e. The van der Waals surface area contributed by atoms with Gasteiger partial charge in [-0.1, -0.05) is 25.1 Å². The van der Waals surface area contributed by atoms with Crippen LogP contribution in [0.4, 0.5) is 5.69 Å². The lowest BCUT2D eigenvalue weighted by molar-refractivity contribution is 0.468. The molecule has 2 N–H and O–H groups in total. The summed E-state index contributed by atoms with van der Waals surface area (Å²) in [5.74, 6) is 0.887. The zero-order valence-corrected chi connectivity index (χ0v) is 19.3. The van der Waals surface area contributed by atoms with E-state index in [0.717, 1.165) is 37.7 Å². The summed E-state index contributed by atoms with van der Waals surface area (Å²) in [6.07, 6.45) is 3.35. The minimum Gasteiger partial charge on any atom is -0.369 e. The van der Waals surface area contributed by atoms with Gasteiger partial charge in [-0.2, -0.15) is 0 Å². The summed E-state index contributed by atoms with van der Waals surface area (Å²) in [5.41, 5.74) is 2.36. The van der Waals surface area contributed by atoms with Gasteiger partial charge in [-0.3, -0.25) is 0 Å². The van der Waals surface area contributed by atoms with E-state index in [-0.39, 0.29) is 24.0 Å². The van der Waals surface area contributed by atoms with Crippen molar-refractivity contribution in [2.75, 3.05) is 24.5 Å².